The number of hydrogen-bond donors (Lipinski definition) is 1. The van der Waals surface area contributed by atoms with E-state index >= 15 is 0 Å². The maximum absolute atomic E-state index is 13.2. The van der Waals surface area contributed by atoms with Crippen LogP contribution in [0.25, 0.3) is 11.3 Å². The fourth-order valence-electron chi connectivity index (χ4n) is 3.19. The zero-order valence-electron chi connectivity index (χ0n) is 16.0. The van der Waals surface area contributed by atoms with E-state index in [1.54, 1.807) is 6.92 Å². The van der Waals surface area contributed by atoms with Gasteiger partial charge in [-0.25, -0.2) is 17.5 Å². The molecule has 1 aromatic carbocycles. The number of pyridine rings is 1. The molecule has 1 saturated heterocycles. The highest BCUT2D eigenvalue weighted by Crippen LogP contribution is 2.25. The van der Waals surface area contributed by atoms with Gasteiger partial charge in [0.25, 0.3) is 0 Å². The van der Waals surface area contributed by atoms with Gasteiger partial charge in [0.1, 0.15) is 11.6 Å². The number of rotatable bonds is 7. The van der Waals surface area contributed by atoms with Crippen molar-refractivity contribution in [3.05, 3.63) is 47.9 Å². The zero-order chi connectivity index (χ0) is 20.1. The third-order valence-corrected chi connectivity index (χ3v) is 6.24. The van der Waals surface area contributed by atoms with Crippen molar-refractivity contribution in [1.29, 1.82) is 0 Å². The zero-order valence-corrected chi connectivity index (χ0v) is 16.8. The summed E-state index contributed by atoms with van der Waals surface area (Å²) in [5, 5.41) is 0. The molecule has 0 spiro atoms. The van der Waals surface area contributed by atoms with Crippen LogP contribution in [-0.2, 0) is 14.8 Å². The van der Waals surface area contributed by atoms with Gasteiger partial charge in [0.05, 0.1) is 30.9 Å². The van der Waals surface area contributed by atoms with E-state index in [2.05, 4.69) is 9.71 Å². The summed E-state index contributed by atoms with van der Waals surface area (Å²) in [6.45, 7) is 4.77. The first-order chi connectivity index (χ1) is 13.4. The Morgan fingerprint density at radius 1 is 1.32 bits per heavy atom. The average Bonchev–Trinajstić information content (AvgIpc) is 2.68. The summed E-state index contributed by atoms with van der Waals surface area (Å²) in [4.78, 5) is 4.15. The quantitative estimate of drug-likeness (QED) is 0.762. The van der Waals surface area contributed by atoms with Gasteiger partial charge in [-0.15, -0.1) is 0 Å². The van der Waals surface area contributed by atoms with Crippen molar-refractivity contribution < 1.29 is 22.3 Å². The Labute approximate surface area is 165 Å². The Bertz CT molecular complexity index is 903. The summed E-state index contributed by atoms with van der Waals surface area (Å²) in [7, 11) is -3.27. The normalized spacial score (nSPS) is 20.1. The van der Waals surface area contributed by atoms with Crippen LogP contribution in [0, 0.1) is 18.7 Å². The predicted molar refractivity (Wildman–Crippen MR) is 105 cm³/mol. The van der Waals surface area contributed by atoms with E-state index in [9.17, 15) is 12.8 Å². The van der Waals surface area contributed by atoms with Gasteiger partial charge < -0.3 is 9.47 Å². The van der Waals surface area contributed by atoms with Crippen LogP contribution in [0.1, 0.15) is 18.9 Å². The summed E-state index contributed by atoms with van der Waals surface area (Å²) in [5.74, 6) is 0.307. The minimum atomic E-state index is -3.27. The molecule has 8 heteroatoms. The van der Waals surface area contributed by atoms with E-state index in [0.717, 1.165) is 16.8 Å². The molecule has 0 saturated carbocycles. The van der Waals surface area contributed by atoms with Gasteiger partial charge >= 0.3 is 0 Å². The molecule has 2 aromatic rings. The first kappa shape index (κ1) is 20.7. The monoisotopic (exact) mass is 408 g/mol. The third kappa shape index (κ3) is 5.27. The number of aromatic nitrogens is 1. The van der Waals surface area contributed by atoms with Gasteiger partial charge in [-0.05, 0) is 56.2 Å². The molecule has 28 heavy (non-hydrogen) atoms. The Hall–Kier alpha value is -2.03. The largest absolute Gasteiger partial charge is 0.493 e. The molecule has 6 nitrogen and oxygen atoms in total. The number of hydrogen-bond acceptors (Lipinski definition) is 5. The lowest BCUT2D eigenvalue weighted by Crippen LogP contribution is -2.47. The number of aryl methyl sites for hydroxylation is 1. The van der Waals surface area contributed by atoms with Gasteiger partial charge in [-0.1, -0.05) is 0 Å². The highest BCUT2D eigenvalue weighted by molar-refractivity contribution is 7.89. The molecule has 1 aliphatic rings. The first-order valence-corrected chi connectivity index (χ1v) is 11.0. The lowest BCUT2D eigenvalue weighted by Gasteiger charge is -2.31. The molecule has 1 aromatic heterocycles. The molecule has 0 radical (unpaired) electrons. The summed E-state index contributed by atoms with van der Waals surface area (Å²) >= 11 is 0. The number of nitrogens with one attached hydrogen (secondary N) is 1. The second-order valence-corrected chi connectivity index (χ2v) is 8.95. The molecule has 1 aliphatic heterocycles. The van der Waals surface area contributed by atoms with Crippen LogP contribution >= 0.6 is 0 Å². The standard InChI is InChI=1S/C20H25FN2O4S/c1-3-28(24,25)23-19-8-9-26-12-16(19)13-27-18-6-4-15(5-7-18)20-14(2)10-17(21)11-22-20/h4-7,10-11,16,19,23H,3,8-9,12-13H2,1-2H3. The average molecular weight is 408 g/mol. The highest BCUT2D eigenvalue weighted by atomic mass is 32.2. The Morgan fingerprint density at radius 3 is 2.75 bits per heavy atom. The van der Waals surface area contributed by atoms with E-state index < -0.39 is 10.0 Å². The molecular formula is C20H25FN2O4S. The van der Waals surface area contributed by atoms with Crippen molar-refractivity contribution in [3.8, 4) is 17.0 Å². The minimum Gasteiger partial charge on any atom is -0.493 e. The SMILES string of the molecule is CCS(=O)(=O)NC1CCOCC1COc1ccc(-c2ncc(F)cc2C)cc1. The van der Waals surface area contributed by atoms with Crippen molar-refractivity contribution in [2.24, 2.45) is 5.92 Å². The third-order valence-electron chi connectivity index (χ3n) is 4.82. The molecule has 1 fully saturated rings. The molecular weight excluding hydrogens is 383 g/mol. The maximum atomic E-state index is 13.2. The van der Waals surface area contributed by atoms with Gasteiger partial charge in [-0.3, -0.25) is 4.98 Å². The summed E-state index contributed by atoms with van der Waals surface area (Å²) in [6, 6.07) is 8.66. The van der Waals surface area contributed by atoms with E-state index in [4.69, 9.17) is 9.47 Å². The number of benzene rings is 1. The predicted octanol–water partition coefficient (Wildman–Crippen LogP) is 2.92. The lowest BCUT2D eigenvalue weighted by molar-refractivity contribution is 0.0186. The van der Waals surface area contributed by atoms with Gasteiger partial charge in [0.2, 0.25) is 10.0 Å². The van der Waals surface area contributed by atoms with Crippen LogP contribution in [0.15, 0.2) is 36.5 Å². The second kappa shape index (κ2) is 8.98. The molecule has 2 heterocycles. The fraction of sp³-hybridized carbons (Fsp3) is 0.450. The maximum Gasteiger partial charge on any atom is 0.211 e. The van der Waals surface area contributed by atoms with Crippen LogP contribution < -0.4 is 9.46 Å². The van der Waals surface area contributed by atoms with Crippen molar-refractivity contribution in [1.82, 2.24) is 9.71 Å². The summed E-state index contributed by atoms with van der Waals surface area (Å²) in [6.07, 6.45) is 1.83. The van der Waals surface area contributed by atoms with Crippen molar-refractivity contribution in [2.45, 2.75) is 26.3 Å². The molecule has 1 N–H and O–H groups in total. The molecule has 2 atom stereocenters. The molecule has 0 amide bonds. The van der Waals surface area contributed by atoms with Crippen LogP contribution in [0.4, 0.5) is 4.39 Å². The van der Waals surface area contributed by atoms with E-state index in [0.29, 0.717) is 32.0 Å². The number of ether oxygens (including phenoxy) is 2. The minimum absolute atomic E-state index is 0.0518. The molecule has 152 valence electrons. The van der Waals surface area contributed by atoms with E-state index in [-0.39, 0.29) is 23.5 Å². The molecule has 0 aliphatic carbocycles. The van der Waals surface area contributed by atoms with Crippen molar-refractivity contribution in [2.75, 3.05) is 25.6 Å². The molecule has 2 unspecified atom stereocenters. The van der Waals surface area contributed by atoms with Gasteiger partial charge in [-0.2, -0.15) is 0 Å². The van der Waals surface area contributed by atoms with Crippen molar-refractivity contribution >= 4 is 10.0 Å². The topological polar surface area (TPSA) is 77.5 Å². The van der Waals surface area contributed by atoms with Crippen LogP contribution in [0.2, 0.25) is 0 Å². The first-order valence-electron chi connectivity index (χ1n) is 9.31. The number of sulfonamides is 1. The van der Waals surface area contributed by atoms with Crippen LogP contribution in [0.3, 0.4) is 0 Å². The number of nitrogens with zero attached hydrogens (tertiary/aromatic N) is 1. The summed E-state index contributed by atoms with van der Waals surface area (Å²) in [5.41, 5.74) is 2.36. The van der Waals surface area contributed by atoms with E-state index in [1.165, 1.54) is 12.3 Å². The van der Waals surface area contributed by atoms with Gasteiger partial charge in [0.15, 0.2) is 0 Å². The Balaban J connectivity index is 1.63. The molecule has 3 rings (SSSR count). The van der Waals surface area contributed by atoms with Crippen molar-refractivity contribution in [3.63, 3.8) is 0 Å². The van der Waals surface area contributed by atoms with Gasteiger partial charge in [0, 0.05) is 24.1 Å². The fourth-order valence-corrected chi connectivity index (χ4v) is 4.12. The second-order valence-electron chi connectivity index (χ2n) is 6.91. The Kier molecular flexibility index (Phi) is 6.64. The van der Waals surface area contributed by atoms with Crippen LogP contribution in [0.5, 0.6) is 5.75 Å². The molecule has 0 bridgehead atoms. The smallest absolute Gasteiger partial charge is 0.211 e. The van der Waals surface area contributed by atoms with E-state index in [1.807, 2.05) is 31.2 Å². The highest BCUT2D eigenvalue weighted by Gasteiger charge is 2.29. The summed E-state index contributed by atoms with van der Waals surface area (Å²) < 4.78 is 51.1. The number of halogens is 1. The lowest BCUT2D eigenvalue weighted by atomic mass is 9.98. The van der Waals surface area contributed by atoms with Crippen LogP contribution in [-0.4, -0.2) is 45.0 Å². The Morgan fingerprint density at radius 2 is 2.07 bits per heavy atom.